The van der Waals surface area contributed by atoms with Gasteiger partial charge in [-0.05, 0) is 73.4 Å². The first kappa shape index (κ1) is 14.9. The van der Waals surface area contributed by atoms with Gasteiger partial charge in [0.1, 0.15) is 5.82 Å². The Bertz CT molecular complexity index is 381. The molecule has 106 valence electrons. The van der Waals surface area contributed by atoms with E-state index < -0.39 is 0 Å². The van der Waals surface area contributed by atoms with Gasteiger partial charge in [0.05, 0.1) is 0 Å². The highest BCUT2D eigenvalue weighted by Crippen LogP contribution is 2.31. The van der Waals surface area contributed by atoms with Crippen molar-refractivity contribution in [3.05, 3.63) is 35.1 Å². The van der Waals surface area contributed by atoms with Gasteiger partial charge in [0.15, 0.2) is 0 Å². The van der Waals surface area contributed by atoms with Crippen LogP contribution >= 0.6 is 11.8 Å². The summed E-state index contributed by atoms with van der Waals surface area (Å²) in [6.45, 7) is 5.02. The molecule has 3 heteroatoms. The monoisotopic (exact) mass is 281 g/mol. The van der Waals surface area contributed by atoms with Crippen LogP contribution in [0.4, 0.5) is 4.39 Å². The Hall–Kier alpha value is -0.540. The Balaban J connectivity index is 2.09. The van der Waals surface area contributed by atoms with E-state index in [0.717, 1.165) is 30.0 Å². The lowest BCUT2D eigenvalue weighted by Gasteiger charge is -2.27. The maximum Gasteiger partial charge on any atom is 0.123 e. The van der Waals surface area contributed by atoms with Crippen LogP contribution in [0.25, 0.3) is 0 Å². The molecule has 19 heavy (non-hydrogen) atoms. The Labute approximate surface area is 120 Å². The molecule has 1 nitrogen and oxygen atoms in total. The molecule has 0 radical (unpaired) electrons. The first-order valence-electron chi connectivity index (χ1n) is 7.27. The number of halogens is 1. The lowest BCUT2D eigenvalue weighted by molar-refractivity contribution is 0.373. The largest absolute Gasteiger partial charge is 0.310 e. The van der Waals surface area contributed by atoms with Crippen molar-refractivity contribution in [2.45, 2.75) is 39.2 Å². The van der Waals surface area contributed by atoms with Gasteiger partial charge in [-0.2, -0.15) is 11.8 Å². The molecule has 0 bridgehead atoms. The minimum atomic E-state index is -0.114. The number of hydrogen-bond donors (Lipinski definition) is 1. The normalized spacial score (nSPS) is 18.5. The molecular formula is C16H24FNS. The van der Waals surface area contributed by atoms with Gasteiger partial charge < -0.3 is 5.32 Å². The molecule has 1 aliphatic heterocycles. The second kappa shape index (κ2) is 7.30. The number of hydrogen-bond acceptors (Lipinski definition) is 2. The van der Waals surface area contributed by atoms with Gasteiger partial charge in [-0.25, -0.2) is 4.39 Å². The van der Waals surface area contributed by atoms with Gasteiger partial charge >= 0.3 is 0 Å². The van der Waals surface area contributed by atoms with Gasteiger partial charge in [-0.1, -0.05) is 13.0 Å². The predicted molar refractivity (Wildman–Crippen MR) is 82.2 cm³/mol. The van der Waals surface area contributed by atoms with E-state index >= 15 is 0 Å². The number of thioether (sulfide) groups is 1. The zero-order valence-electron chi connectivity index (χ0n) is 11.9. The van der Waals surface area contributed by atoms with Crippen molar-refractivity contribution in [3.63, 3.8) is 0 Å². The molecule has 0 saturated carbocycles. The fourth-order valence-electron chi connectivity index (χ4n) is 2.86. The van der Waals surface area contributed by atoms with Gasteiger partial charge in [-0.15, -0.1) is 0 Å². The van der Waals surface area contributed by atoms with Gasteiger partial charge in [0.2, 0.25) is 0 Å². The van der Waals surface area contributed by atoms with Crippen LogP contribution in [0.15, 0.2) is 18.2 Å². The maximum atomic E-state index is 13.6. The lowest BCUT2D eigenvalue weighted by Crippen LogP contribution is -2.25. The molecule has 2 rings (SSSR count). The first-order chi connectivity index (χ1) is 9.19. The molecule has 1 atom stereocenters. The average molecular weight is 281 g/mol. The summed E-state index contributed by atoms with van der Waals surface area (Å²) in [5.41, 5.74) is 2.12. The van der Waals surface area contributed by atoms with E-state index in [9.17, 15) is 4.39 Å². The maximum absolute atomic E-state index is 13.6. The van der Waals surface area contributed by atoms with Crippen molar-refractivity contribution in [2.75, 3.05) is 18.1 Å². The fourth-order valence-corrected chi connectivity index (χ4v) is 4.07. The van der Waals surface area contributed by atoms with E-state index in [4.69, 9.17) is 0 Å². The molecule has 1 N–H and O–H groups in total. The molecule has 1 aliphatic rings. The minimum absolute atomic E-state index is 0.114. The molecule has 0 aromatic heterocycles. The molecule has 1 unspecified atom stereocenters. The second-order valence-corrected chi connectivity index (χ2v) is 6.69. The predicted octanol–water partition coefficient (Wildman–Crippen LogP) is 4.32. The standard InChI is InChI=1S/C16H24FNS/c1-3-18-16(10-13-4-6-19-7-5-13)14-8-12(2)9-15(17)11-14/h8-9,11,13,16,18H,3-7,10H2,1-2H3. The number of aryl methyl sites for hydroxylation is 1. The summed E-state index contributed by atoms with van der Waals surface area (Å²) in [4.78, 5) is 0. The third kappa shape index (κ3) is 4.50. The summed E-state index contributed by atoms with van der Waals surface area (Å²) in [7, 11) is 0. The van der Waals surface area contributed by atoms with Crippen LogP contribution in [0, 0.1) is 18.7 Å². The molecular weight excluding hydrogens is 257 g/mol. The van der Waals surface area contributed by atoms with Gasteiger partial charge in [0.25, 0.3) is 0 Å². The number of benzene rings is 1. The Morgan fingerprint density at radius 1 is 1.32 bits per heavy atom. The number of rotatable bonds is 5. The van der Waals surface area contributed by atoms with Crippen LogP contribution in [0.3, 0.4) is 0 Å². The summed E-state index contributed by atoms with van der Waals surface area (Å²) in [5, 5.41) is 3.53. The highest BCUT2D eigenvalue weighted by molar-refractivity contribution is 7.99. The Morgan fingerprint density at radius 3 is 2.68 bits per heavy atom. The SMILES string of the molecule is CCNC(CC1CCSCC1)c1cc(C)cc(F)c1. The minimum Gasteiger partial charge on any atom is -0.310 e. The van der Waals surface area contributed by atoms with Crippen LogP contribution in [0.2, 0.25) is 0 Å². The lowest BCUT2D eigenvalue weighted by atomic mass is 9.90. The molecule has 1 aromatic rings. The van der Waals surface area contributed by atoms with E-state index in [2.05, 4.69) is 30.1 Å². The molecule has 1 heterocycles. The Morgan fingerprint density at radius 2 is 2.05 bits per heavy atom. The highest BCUT2D eigenvalue weighted by atomic mass is 32.2. The van der Waals surface area contributed by atoms with Crippen LogP contribution < -0.4 is 5.32 Å². The fraction of sp³-hybridized carbons (Fsp3) is 0.625. The quantitative estimate of drug-likeness (QED) is 0.862. The van der Waals surface area contributed by atoms with Crippen LogP contribution in [0.1, 0.15) is 43.4 Å². The van der Waals surface area contributed by atoms with Crippen LogP contribution in [-0.4, -0.2) is 18.1 Å². The molecule has 0 aliphatic carbocycles. The third-order valence-electron chi connectivity index (χ3n) is 3.83. The van der Waals surface area contributed by atoms with Crippen molar-refractivity contribution >= 4 is 11.8 Å². The summed E-state index contributed by atoms with van der Waals surface area (Å²) in [6, 6.07) is 5.71. The van der Waals surface area contributed by atoms with Crippen molar-refractivity contribution < 1.29 is 4.39 Å². The van der Waals surface area contributed by atoms with Crippen molar-refractivity contribution in [1.82, 2.24) is 5.32 Å². The van der Waals surface area contributed by atoms with Crippen LogP contribution in [0.5, 0.6) is 0 Å². The molecule has 0 spiro atoms. The van der Waals surface area contributed by atoms with Gasteiger partial charge in [0, 0.05) is 6.04 Å². The van der Waals surface area contributed by atoms with E-state index in [1.165, 1.54) is 24.3 Å². The van der Waals surface area contributed by atoms with Crippen molar-refractivity contribution in [2.24, 2.45) is 5.92 Å². The van der Waals surface area contributed by atoms with Gasteiger partial charge in [-0.3, -0.25) is 0 Å². The van der Waals surface area contributed by atoms with E-state index in [0.29, 0.717) is 6.04 Å². The summed E-state index contributed by atoms with van der Waals surface area (Å²) in [5.74, 6) is 3.24. The average Bonchev–Trinajstić information content (AvgIpc) is 2.38. The summed E-state index contributed by atoms with van der Waals surface area (Å²) < 4.78 is 13.6. The smallest absolute Gasteiger partial charge is 0.123 e. The number of nitrogens with one attached hydrogen (secondary N) is 1. The van der Waals surface area contributed by atoms with Crippen molar-refractivity contribution in [1.29, 1.82) is 0 Å². The third-order valence-corrected chi connectivity index (χ3v) is 4.88. The van der Waals surface area contributed by atoms with E-state index in [1.807, 2.05) is 6.92 Å². The highest BCUT2D eigenvalue weighted by Gasteiger charge is 2.20. The summed E-state index contributed by atoms with van der Waals surface area (Å²) >= 11 is 2.06. The molecule has 1 aromatic carbocycles. The molecule has 1 fully saturated rings. The second-order valence-electron chi connectivity index (χ2n) is 5.46. The van der Waals surface area contributed by atoms with Crippen molar-refractivity contribution in [3.8, 4) is 0 Å². The van der Waals surface area contributed by atoms with E-state index in [1.54, 1.807) is 12.1 Å². The zero-order valence-corrected chi connectivity index (χ0v) is 12.7. The Kier molecular flexibility index (Phi) is 5.71. The zero-order chi connectivity index (χ0) is 13.7. The topological polar surface area (TPSA) is 12.0 Å². The van der Waals surface area contributed by atoms with E-state index in [-0.39, 0.29) is 5.82 Å². The molecule has 1 saturated heterocycles. The summed E-state index contributed by atoms with van der Waals surface area (Å²) in [6.07, 6.45) is 3.75. The first-order valence-corrected chi connectivity index (χ1v) is 8.42. The van der Waals surface area contributed by atoms with Crippen LogP contribution in [-0.2, 0) is 0 Å². The molecule has 0 amide bonds.